The summed E-state index contributed by atoms with van der Waals surface area (Å²) in [5.74, 6) is -0.980. The maximum atomic E-state index is 14.6. The average Bonchev–Trinajstić information content (AvgIpc) is 3.42. The molecule has 0 aliphatic carbocycles. The summed E-state index contributed by atoms with van der Waals surface area (Å²) in [6.07, 6.45) is 4.49. The van der Waals surface area contributed by atoms with Gasteiger partial charge in [0, 0.05) is 37.7 Å². The number of rotatable bonds is 5. The highest BCUT2D eigenvalue weighted by molar-refractivity contribution is 5.95. The maximum Gasteiger partial charge on any atom is 0.289 e. The predicted molar refractivity (Wildman–Crippen MR) is 126 cm³/mol. The van der Waals surface area contributed by atoms with Crippen LogP contribution in [0.5, 0.6) is 0 Å². The Morgan fingerprint density at radius 3 is 2.83 bits per heavy atom. The van der Waals surface area contributed by atoms with Crippen molar-refractivity contribution in [2.75, 3.05) is 25.0 Å². The van der Waals surface area contributed by atoms with Crippen LogP contribution in [0.1, 0.15) is 57.0 Å². The van der Waals surface area contributed by atoms with Crippen LogP contribution in [-0.2, 0) is 12.8 Å². The minimum absolute atomic E-state index is 0.0390. The zero-order valence-corrected chi connectivity index (χ0v) is 19.1. The molecule has 1 fully saturated rings. The first-order chi connectivity index (χ1) is 17.0. The maximum absolute atomic E-state index is 14.6. The van der Waals surface area contributed by atoms with Crippen molar-refractivity contribution in [3.63, 3.8) is 0 Å². The number of anilines is 1. The summed E-state index contributed by atoms with van der Waals surface area (Å²) in [7, 11) is 0. The molecule has 1 saturated heterocycles. The number of piperidine rings is 1. The Hall–Kier alpha value is -3.95. The van der Waals surface area contributed by atoms with Crippen LogP contribution in [0.3, 0.4) is 0 Å². The Balaban J connectivity index is 1.24. The molecule has 2 aliphatic rings. The zero-order valence-electron chi connectivity index (χ0n) is 19.1. The summed E-state index contributed by atoms with van der Waals surface area (Å²) in [6, 6.07) is 7.56. The number of benzene rings is 1. The third-order valence-electron chi connectivity index (χ3n) is 6.56. The number of halogens is 1. The number of aromatic nitrogens is 2. The Morgan fingerprint density at radius 2 is 2.06 bits per heavy atom. The second kappa shape index (κ2) is 9.73. The molecule has 2 aromatic heterocycles. The van der Waals surface area contributed by atoms with Crippen molar-refractivity contribution in [2.45, 2.75) is 38.1 Å². The van der Waals surface area contributed by atoms with Gasteiger partial charge < -0.3 is 20.0 Å². The normalized spacial score (nSPS) is 15.9. The fraction of sp³-hybridized carbons (Fsp3) is 0.360. The largest absolute Gasteiger partial charge is 0.459 e. The number of hydrogen-bond acceptors (Lipinski definition) is 6. The van der Waals surface area contributed by atoms with Crippen molar-refractivity contribution >= 4 is 17.5 Å². The number of carbonyl (C=O) groups excluding carboxylic acids is 2. The number of nitrogens with zero attached hydrogens (tertiary/aromatic N) is 2. The first-order valence-electron chi connectivity index (χ1n) is 11.8. The molecule has 2 aliphatic heterocycles. The van der Waals surface area contributed by atoms with Crippen molar-refractivity contribution in [1.29, 1.82) is 0 Å². The van der Waals surface area contributed by atoms with E-state index < -0.39 is 11.7 Å². The lowest BCUT2D eigenvalue weighted by atomic mass is 9.99. The molecule has 0 unspecified atom stereocenters. The van der Waals surface area contributed by atoms with Gasteiger partial charge in [0.15, 0.2) is 5.76 Å². The van der Waals surface area contributed by atoms with E-state index in [1.807, 2.05) is 0 Å². The van der Waals surface area contributed by atoms with Crippen LogP contribution in [0.4, 0.5) is 10.1 Å². The van der Waals surface area contributed by atoms with Crippen LogP contribution in [0, 0.1) is 5.82 Å². The number of furan rings is 1. The minimum atomic E-state index is -0.605. The van der Waals surface area contributed by atoms with Gasteiger partial charge in [0.1, 0.15) is 5.82 Å². The van der Waals surface area contributed by atoms with E-state index in [9.17, 15) is 18.8 Å². The third kappa shape index (κ3) is 4.82. The molecule has 9 nitrogen and oxygen atoms in total. The summed E-state index contributed by atoms with van der Waals surface area (Å²) in [5.41, 5.74) is 2.54. The summed E-state index contributed by atoms with van der Waals surface area (Å²) in [6.45, 7) is 1.71. The quantitative estimate of drug-likeness (QED) is 0.517. The Bertz CT molecular complexity index is 1300. The van der Waals surface area contributed by atoms with E-state index in [-0.39, 0.29) is 23.1 Å². The second-order valence-electron chi connectivity index (χ2n) is 8.89. The Kier molecular flexibility index (Phi) is 6.35. The number of amides is 2. The van der Waals surface area contributed by atoms with Crippen LogP contribution >= 0.6 is 0 Å². The Morgan fingerprint density at radius 1 is 1.23 bits per heavy atom. The summed E-state index contributed by atoms with van der Waals surface area (Å²) < 4.78 is 19.7. The van der Waals surface area contributed by atoms with Gasteiger partial charge in [-0.2, -0.15) is 5.10 Å². The number of H-pyrrole nitrogens is 1. The molecule has 35 heavy (non-hydrogen) atoms. The van der Waals surface area contributed by atoms with E-state index in [0.29, 0.717) is 61.4 Å². The van der Waals surface area contributed by atoms with Gasteiger partial charge in [-0.05, 0) is 55.5 Å². The van der Waals surface area contributed by atoms with Crippen LogP contribution in [0.2, 0.25) is 0 Å². The molecule has 5 rings (SSSR count). The molecule has 10 heteroatoms. The van der Waals surface area contributed by atoms with E-state index >= 15 is 0 Å². The molecule has 2 amide bonds. The summed E-state index contributed by atoms with van der Waals surface area (Å²) in [5, 5.41) is 12.9. The van der Waals surface area contributed by atoms with E-state index in [1.54, 1.807) is 23.1 Å². The first kappa shape index (κ1) is 22.8. The van der Waals surface area contributed by atoms with E-state index in [1.165, 1.54) is 18.4 Å². The highest BCUT2D eigenvalue weighted by Crippen LogP contribution is 2.24. The lowest BCUT2D eigenvalue weighted by molar-refractivity contribution is 0.0667. The molecule has 3 N–H and O–H groups in total. The van der Waals surface area contributed by atoms with E-state index in [0.717, 1.165) is 18.7 Å². The molecule has 0 spiro atoms. The van der Waals surface area contributed by atoms with Crippen molar-refractivity contribution in [3.8, 4) is 0 Å². The van der Waals surface area contributed by atoms with Crippen LogP contribution in [0.15, 0.2) is 45.8 Å². The van der Waals surface area contributed by atoms with Crippen LogP contribution in [-0.4, -0.2) is 52.6 Å². The monoisotopic (exact) mass is 479 g/mol. The molecule has 0 radical (unpaired) electrons. The molecule has 3 aromatic rings. The number of hydrogen-bond donors (Lipinski definition) is 3. The van der Waals surface area contributed by atoms with Crippen molar-refractivity contribution in [3.05, 3.63) is 80.9 Å². The fourth-order valence-electron chi connectivity index (χ4n) is 4.68. The molecule has 4 heterocycles. The van der Waals surface area contributed by atoms with Crippen molar-refractivity contribution in [1.82, 2.24) is 20.4 Å². The minimum Gasteiger partial charge on any atom is -0.459 e. The average molecular weight is 480 g/mol. The molecule has 0 bridgehead atoms. The van der Waals surface area contributed by atoms with Crippen molar-refractivity contribution < 1.29 is 18.4 Å². The number of aromatic amines is 1. The van der Waals surface area contributed by atoms with Gasteiger partial charge >= 0.3 is 0 Å². The number of carbonyl (C=O) groups is 2. The van der Waals surface area contributed by atoms with E-state index in [2.05, 4.69) is 20.8 Å². The number of fused-ring (bicyclic) bond motifs is 1. The van der Waals surface area contributed by atoms with E-state index in [4.69, 9.17) is 4.42 Å². The molecular weight excluding hydrogens is 453 g/mol. The molecule has 182 valence electrons. The highest BCUT2D eigenvalue weighted by Gasteiger charge is 2.27. The summed E-state index contributed by atoms with van der Waals surface area (Å²) in [4.78, 5) is 39.1. The highest BCUT2D eigenvalue weighted by atomic mass is 19.1. The van der Waals surface area contributed by atoms with Crippen LogP contribution in [0.25, 0.3) is 0 Å². The predicted octanol–water partition coefficient (Wildman–Crippen LogP) is 2.49. The van der Waals surface area contributed by atoms with Crippen molar-refractivity contribution in [2.24, 2.45) is 0 Å². The van der Waals surface area contributed by atoms with Crippen LogP contribution < -0.4 is 16.2 Å². The van der Waals surface area contributed by atoms with Gasteiger partial charge in [-0.25, -0.2) is 9.49 Å². The summed E-state index contributed by atoms with van der Waals surface area (Å²) >= 11 is 0. The SMILES string of the molecule is O=C(NC1CCN(C(=O)c2ccco2)CC1)c1cc(Cc2n[nH]c(=O)c3c2NCCC3)ccc1F. The smallest absolute Gasteiger partial charge is 0.289 e. The standard InChI is InChI=1S/C25H26FN5O4/c26-19-6-5-15(14-20-22-17(3-1-9-27-22)24(33)30-29-20)13-18(19)23(32)28-16-7-10-31(11-8-16)25(34)21-4-2-12-35-21/h2,4-6,12-13,16,27H,1,3,7-11,14H2,(H,28,32)(H,30,33). The number of nitrogens with one attached hydrogen (secondary N) is 3. The third-order valence-corrected chi connectivity index (χ3v) is 6.56. The van der Waals surface area contributed by atoms with Gasteiger partial charge in [0.2, 0.25) is 0 Å². The molecule has 0 saturated carbocycles. The fourth-order valence-corrected chi connectivity index (χ4v) is 4.68. The van der Waals surface area contributed by atoms with Gasteiger partial charge in [-0.3, -0.25) is 14.4 Å². The lowest BCUT2D eigenvalue weighted by Gasteiger charge is -2.32. The lowest BCUT2D eigenvalue weighted by Crippen LogP contribution is -2.46. The topological polar surface area (TPSA) is 120 Å². The van der Waals surface area contributed by atoms with Gasteiger partial charge in [0.05, 0.1) is 23.2 Å². The van der Waals surface area contributed by atoms with Gasteiger partial charge in [-0.1, -0.05) is 6.07 Å². The number of likely N-dealkylation sites (tertiary alicyclic amines) is 1. The molecular formula is C25H26FN5O4. The Labute approximate surface area is 200 Å². The second-order valence-corrected chi connectivity index (χ2v) is 8.89. The van der Waals surface area contributed by atoms with Gasteiger partial charge in [0.25, 0.3) is 17.4 Å². The zero-order chi connectivity index (χ0) is 24.4. The first-order valence-corrected chi connectivity index (χ1v) is 11.8. The van der Waals surface area contributed by atoms with Gasteiger partial charge in [-0.15, -0.1) is 0 Å². The molecule has 0 atom stereocenters. The molecule has 1 aromatic carbocycles.